The van der Waals surface area contributed by atoms with Gasteiger partial charge < -0.3 is 9.64 Å². The van der Waals surface area contributed by atoms with Crippen molar-refractivity contribution in [3.05, 3.63) is 53.6 Å². The van der Waals surface area contributed by atoms with E-state index in [-0.39, 0.29) is 17.0 Å². The summed E-state index contributed by atoms with van der Waals surface area (Å²) in [7, 11) is -3.67. The number of aromatic nitrogens is 2. The maximum atomic E-state index is 13.1. The maximum absolute atomic E-state index is 13.1. The Morgan fingerprint density at radius 2 is 1.56 bits per heavy atom. The van der Waals surface area contributed by atoms with Crippen LogP contribution in [0.4, 0.5) is 10.3 Å². The van der Waals surface area contributed by atoms with E-state index >= 15 is 0 Å². The average Bonchev–Trinajstić information content (AvgIpc) is 3.01. The molecule has 186 valence electrons. The summed E-state index contributed by atoms with van der Waals surface area (Å²) in [5.41, 5.74) is 2.44. The lowest BCUT2D eigenvalue weighted by atomic mass is 9.76. The van der Waals surface area contributed by atoms with Gasteiger partial charge in [-0.15, -0.1) is 0 Å². The zero-order valence-electron chi connectivity index (χ0n) is 19.9. The van der Waals surface area contributed by atoms with Gasteiger partial charge >= 0.3 is 0 Å². The quantitative estimate of drug-likeness (QED) is 0.638. The van der Waals surface area contributed by atoms with Gasteiger partial charge in [0.2, 0.25) is 5.95 Å². The van der Waals surface area contributed by atoms with E-state index in [1.807, 2.05) is 0 Å². The van der Waals surface area contributed by atoms with E-state index in [1.54, 1.807) is 0 Å². The third-order valence-corrected chi connectivity index (χ3v) is 7.00. The summed E-state index contributed by atoms with van der Waals surface area (Å²) in [6.45, 7) is 8.18. The number of hydrogen-bond donors (Lipinski definition) is 1. The smallest absolute Gasteiger partial charge is 0.261 e. The van der Waals surface area contributed by atoms with Gasteiger partial charge in [0.1, 0.15) is 0 Å². The standard InChI is InChI=1S/C23H29FN4O.CH4O3S/c1-22(2)19-5-3-4-6-20(19)23(29-22)9-7-18(8-10-23)27-11-13-28(14-12-27)21-25-15-17(24)16-26-21;1-5(2,3)4/h3-6,15-16,18H,7-14H2,1-2H3;1H3,(H,2,3,4)/t18-,23-;. The number of fused-ring (bicyclic) bond motifs is 2. The fourth-order valence-corrected chi connectivity index (χ4v) is 5.57. The minimum absolute atomic E-state index is 0.111. The van der Waals surface area contributed by atoms with Crippen molar-refractivity contribution < 1.29 is 22.1 Å². The van der Waals surface area contributed by atoms with Crippen molar-refractivity contribution in [2.75, 3.05) is 37.3 Å². The molecule has 0 bridgehead atoms. The highest BCUT2D eigenvalue weighted by Crippen LogP contribution is 2.53. The lowest BCUT2D eigenvalue weighted by molar-refractivity contribution is -0.149. The Hall–Kier alpha value is -2.14. The lowest BCUT2D eigenvalue weighted by Crippen LogP contribution is -2.52. The molecule has 3 aliphatic rings. The third kappa shape index (κ3) is 5.56. The zero-order chi connectivity index (χ0) is 24.6. The van der Waals surface area contributed by atoms with Gasteiger partial charge in [0, 0.05) is 32.2 Å². The van der Waals surface area contributed by atoms with E-state index in [9.17, 15) is 12.8 Å². The van der Waals surface area contributed by atoms with Gasteiger partial charge in [-0.25, -0.2) is 14.4 Å². The molecule has 0 radical (unpaired) electrons. The number of benzene rings is 1. The molecule has 0 atom stereocenters. The van der Waals surface area contributed by atoms with Gasteiger partial charge in [-0.3, -0.25) is 9.45 Å². The first-order chi connectivity index (χ1) is 16.0. The molecule has 0 amide bonds. The maximum Gasteiger partial charge on any atom is 0.261 e. The van der Waals surface area contributed by atoms with Crippen LogP contribution in [0.1, 0.15) is 50.7 Å². The Morgan fingerprint density at radius 1 is 1.03 bits per heavy atom. The number of anilines is 1. The highest BCUT2D eigenvalue weighted by atomic mass is 32.2. The summed E-state index contributed by atoms with van der Waals surface area (Å²) in [6.07, 6.45) is 7.70. The molecule has 2 aromatic rings. The second kappa shape index (κ2) is 9.49. The number of hydrogen-bond acceptors (Lipinski definition) is 7. The summed E-state index contributed by atoms with van der Waals surface area (Å²) in [5, 5.41) is 0. The Balaban J connectivity index is 0.000000499. The number of nitrogens with zero attached hydrogens (tertiary/aromatic N) is 4. The van der Waals surface area contributed by atoms with Gasteiger partial charge in [-0.2, -0.15) is 8.42 Å². The second-order valence-electron chi connectivity index (χ2n) is 9.84. The predicted octanol–water partition coefficient (Wildman–Crippen LogP) is 3.35. The molecule has 2 aliphatic heterocycles. The van der Waals surface area contributed by atoms with Gasteiger partial charge in [0.15, 0.2) is 5.82 Å². The van der Waals surface area contributed by atoms with Crippen molar-refractivity contribution >= 4 is 16.1 Å². The molecule has 1 spiro atoms. The van der Waals surface area contributed by atoms with Crippen molar-refractivity contribution in [2.45, 2.75) is 56.8 Å². The van der Waals surface area contributed by atoms with Crippen LogP contribution in [0, 0.1) is 5.82 Å². The van der Waals surface area contributed by atoms with Crippen LogP contribution in [0.3, 0.4) is 0 Å². The lowest BCUT2D eigenvalue weighted by Gasteiger charge is -2.45. The summed E-state index contributed by atoms with van der Waals surface area (Å²) >= 11 is 0. The minimum atomic E-state index is -3.67. The Kier molecular flexibility index (Phi) is 6.97. The van der Waals surface area contributed by atoms with Gasteiger partial charge in [-0.1, -0.05) is 24.3 Å². The molecule has 8 nitrogen and oxygen atoms in total. The number of piperazine rings is 1. The van der Waals surface area contributed by atoms with Crippen molar-refractivity contribution in [1.29, 1.82) is 0 Å². The minimum Gasteiger partial charge on any atom is -0.360 e. The number of ether oxygens (including phenoxy) is 1. The molecule has 2 fully saturated rings. The molecule has 1 N–H and O–H groups in total. The summed E-state index contributed by atoms with van der Waals surface area (Å²) in [6, 6.07) is 9.38. The van der Waals surface area contributed by atoms with E-state index < -0.39 is 10.1 Å². The SMILES string of the molecule is CC1(C)O[C@]2(CC[C@H](N3CCN(c4ncc(F)cn4)CC3)CC2)c2ccccc21.CS(=O)(=O)O. The van der Waals surface area contributed by atoms with Crippen LogP contribution >= 0.6 is 0 Å². The summed E-state index contributed by atoms with van der Waals surface area (Å²) in [4.78, 5) is 13.0. The fraction of sp³-hybridized carbons (Fsp3) is 0.583. The highest BCUT2D eigenvalue weighted by molar-refractivity contribution is 7.85. The van der Waals surface area contributed by atoms with E-state index in [4.69, 9.17) is 9.29 Å². The molecular formula is C24H33FN4O4S. The van der Waals surface area contributed by atoms with Crippen molar-refractivity contribution in [3.63, 3.8) is 0 Å². The van der Waals surface area contributed by atoms with Crippen LogP contribution in [0.5, 0.6) is 0 Å². The van der Waals surface area contributed by atoms with Crippen LogP contribution in [-0.2, 0) is 26.1 Å². The van der Waals surface area contributed by atoms with Crippen LogP contribution in [0.2, 0.25) is 0 Å². The highest BCUT2D eigenvalue weighted by Gasteiger charge is 2.50. The van der Waals surface area contributed by atoms with Gasteiger partial charge in [-0.05, 0) is 50.7 Å². The molecule has 3 heterocycles. The van der Waals surface area contributed by atoms with E-state index in [1.165, 1.54) is 23.5 Å². The Labute approximate surface area is 200 Å². The van der Waals surface area contributed by atoms with Crippen LogP contribution < -0.4 is 4.90 Å². The fourth-order valence-electron chi connectivity index (χ4n) is 5.57. The molecule has 34 heavy (non-hydrogen) atoms. The van der Waals surface area contributed by atoms with E-state index in [2.05, 4.69) is 57.9 Å². The second-order valence-corrected chi connectivity index (χ2v) is 11.3. The first kappa shape index (κ1) is 25.0. The predicted molar refractivity (Wildman–Crippen MR) is 128 cm³/mol. The van der Waals surface area contributed by atoms with Crippen LogP contribution in [-0.4, -0.2) is 66.3 Å². The zero-order valence-corrected chi connectivity index (χ0v) is 20.8. The topological polar surface area (TPSA) is 95.9 Å². The summed E-state index contributed by atoms with van der Waals surface area (Å²) in [5.74, 6) is 0.245. The molecule has 0 unspecified atom stereocenters. The van der Waals surface area contributed by atoms with Crippen LogP contribution in [0.25, 0.3) is 0 Å². The largest absolute Gasteiger partial charge is 0.360 e. The molecule has 10 heteroatoms. The Bertz CT molecular complexity index is 1090. The monoisotopic (exact) mass is 492 g/mol. The molecule has 1 aromatic heterocycles. The normalized spacial score (nSPS) is 26.6. The summed E-state index contributed by atoms with van der Waals surface area (Å²) < 4.78 is 45.6. The van der Waals surface area contributed by atoms with Crippen molar-refractivity contribution in [3.8, 4) is 0 Å². The molecule has 1 saturated heterocycles. The van der Waals surface area contributed by atoms with Gasteiger partial charge in [0.25, 0.3) is 10.1 Å². The average molecular weight is 493 g/mol. The molecular weight excluding hydrogens is 459 g/mol. The van der Waals surface area contributed by atoms with Gasteiger partial charge in [0.05, 0.1) is 29.9 Å². The molecule has 1 aliphatic carbocycles. The first-order valence-corrected chi connectivity index (χ1v) is 13.5. The number of rotatable bonds is 2. The molecule has 5 rings (SSSR count). The number of halogens is 1. The van der Waals surface area contributed by atoms with Crippen molar-refractivity contribution in [1.82, 2.24) is 14.9 Å². The van der Waals surface area contributed by atoms with Crippen LogP contribution in [0.15, 0.2) is 36.7 Å². The third-order valence-electron chi connectivity index (χ3n) is 7.00. The molecule has 1 saturated carbocycles. The van der Waals surface area contributed by atoms with E-state index in [0.29, 0.717) is 18.2 Å². The van der Waals surface area contributed by atoms with Crippen molar-refractivity contribution in [2.24, 2.45) is 0 Å². The Morgan fingerprint density at radius 3 is 2.12 bits per heavy atom. The van der Waals surface area contributed by atoms with E-state index in [0.717, 1.165) is 51.9 Å². The first-order valence-electron chi connectivity index (χ1n) is 11.7. The molecule has 1 aromatic carbocycles.